The van der Waals surface area contributed by atoms with E-state index in [9.17, 15) is 28.1 Å². The molecule has 0 unspecified atom stereocenters. The number of nitrogens with zero attached hydrogens (tertiary/aromatic N) is 3. The van der Waals surface area contributed by atoms with Crippen molar-refractivity contribution in [2.75, 3.05) is 5.32 Å². The van der Waals surface area contributed by atoms with Crippen LogP contribution in [0.1, 0.15) is 17.8 Å². The van der Waals surface area contributed by atoms with Crippen molar-refractivity contribution in [1.82, 2.24) is 9.78 Å². The van der Waals surface area contributed by atoms with Crippen LogP contribution in [0.25, 0.3) is 0 Å². The molecule has 12 heteroatoms. The third-order valence-electron chi connectivity index (χ3n) is 3.38. The average Bonchev–Trinajstić information content (AvgIpc) is 2.82. The third-order valence-corrected chi connectivity index (χ3v) is 4.07. The lowest BCUT2D eigenvalue weighted by Gasteiger charge is -2.07. The lowest BCUT2D eigenvalue weighted by molar-refractivity contribution is -0.383. The van der Waals surface area contributed by atoms with Gasteiger partial charge in [0.15, 0.2) is 5.69 Å². The van der Waals surface area contributed by atoms with E-state index in [1.807, 2.05) is 0 Å². The molecule has 26 heavy (non-hydrogen) atoms. The quantitative estimate of drug-likeness (QED) is 0.581. The highest BCUT2D eigenvalue weighted by Gasteiger charge is 2.38. The third kappa shape index (κ3) is 4.44. The molecule has 0 saturated carbocycles. The molecule has 0 atom stereocenters. The van der Waals surface area contributed by atoms with Gasteiger partial charge in [-0.05, 0) is 19.1 Å². The highest BCUT2D eigenvalue weighted by molar-refractivity contribution is 6.32. The molecule has 0 fully saturated rings. The fourth-order valence-electron chi connectivity index (χ4n) is 2.10. The number of aryl methyl sites for hydroxylation is 1. The van der Waals surface area contributed by atoms with E-state index in [2.05, 4.69) is 10.4 Å². The van der Waals surface area contributed by atoms with Crippen molar-refractivity contribution in [2.45, 2.75) is 26.1 Å². The van der Waals surface area contributed by atoms with Gasteiger partial charge in [0.25, 0.3) is 5.69 Å². The van der Waals surface area contributed by atoms with Crippen LogP contribution >= 0.6 is 23.2 Å². The minimum Gasteiger partial charge on any atom is -0.320 e. The van der Waals surface area contributed by atoms with Crippen molar-refractivity contribution in [3.63, 3.8) is 0 Å². The number of alkyl halides is 3. The van der Waals surface area contributed by atoms with Gasteiger partial charge in [0.05, 0.1) is 22.2 Å². The Labute approximate surface area is 154 Å². The Balaban J connectivity index is 2.10. The van der Waals surface area contributed by atoms with Crippen LogP contribution in [0.5, 0.6) is 0 Å². The number of nitro groups is 1. The summed E-state index contributed by atoms with van der Waals surface area (Å²) in [4.78, 5) is 22.2. The van der Waals surface area contributed by atoms with Crippen molar-refractivity contribution in [2.24, 2.45) is 0 Å². The molecular weight excluding hydrogens is 400 g/mol. The number of hydrogen-bond acceptors (Lipinski definition) is 4. The summed E-state index contributed by atoms with van der Waals surface area (Å²) in [5.74, 6) is -0.644. The van der Waals surface area contributed by atoms with Gasteiger partial charge in [-0.25, -0.2) is 0 Å². The van der Waals surface area contributed by atoms with Crippen molar-refractivity contribution in [1.29, 1.82) is 0 Å². The first kappa shape index (κ1) is 20.0. The fraction of sp³-hybridized carbons (Fsp3) is 0.286. The Kier molecular flexibility index (Phi) is 5.77. The number of benzene rings is 1. The number of aromatic nitrogens is 2. The summed E-state index contributed by atoms with van der Waals surface area (Å²) in [7, 11) is 0. The van der Waals surface area contributed by atoms with Gasteiger partial charge in [-0.1, -0.05) is 23.2 Å². The predicted molar refractivity (Wildman–Crippen MR) is 88.3 cm³/mol. The first-order chi connectivity index (χ1) is 12.0. The number of carbonyl (C=O) groups excluding carboxylic acids is 1. The summed E-state index contributed by atoms with van der Waals surface area (Å²) in [6.45, 7) is 1.15. The summed E-state index contributed by atoms with van der Waals surface area (Å²) in [6, 6.07) is 3.69. The fourth-order valence-corrected chi connectivity index (χ4v) is 2.51. The van der Waals surface area contributed by atoms with E-state index in [4.69, 9.17) is 23.2 Å². The number of hydrogen-bond donors (Lipinski definition) is 1. The Morgan fingerprint density at radius 2 is 2.04 bits per heavy atom. The summed E-state index contributed by atoms with van der Waals surface area (Å²) in [6.07, 6.45) is -4.98. The topological polar surface area (TPSA) is 90.1 Å². The molecule has 1 amide bonds. The largest absolute Gasteiger partial charge is 0.436 e. The van der Waals surface area contributed by atoms with E-state index in [-0.39, 0.29) is 29.4 Å². The van der Waals surface area contributed by atoms with Crippen molar-refractivity contribution in [3.05, 3.63) is 49.7 Å². The molecule has 2 rings (SSSR count). The molecule has 140 valence electrons. The molecule has 0 aliphatic rings. The number of nitrogens with one attached hydrogen (secondary N) is 1. The lowest BCUT2D eigenvalue weighted by Crippen LogP contribution is -2.17. The second-order valence-corrected chi connectivity index (χ2v) is 6.00. The van der Waals surface area contributed by atoms with Crippen molar-refractivity contribution >= 4 is 40.5 Å². The normalized spacial score (nSPS) is 11.5. The molecule has 1 aromatic heterocycles. The molecule has 7 nitrogen and oxygen atoms in total. The van der Waals surface area contributed by atoms with Crippen LogP contribution in [-0.4, -0.2) is 20.6 Å². The standard InChI is InChI=1S/C14H11Cl2F3N4O3/c1-7-12(16)13(14(17,18)19)21-22(7)5-4-11(24)20-9-3-2-8(15)6-10(9)23(25)26/h2-3,6H,4-5H2,1H3,(H,20,24). The first-order valence-corrected chi connectivity index (χ1v) is 7.80. The Hall–Kier alpha value is -2.33. The molecule has 1 heterocycles. The second kappa shape index (κ2) is 7.50. The lowest BCUT2D eigenvalue weighted by atomic mass is 10.2. The minimum atomic E-state index is -4.71. The molecular formula is C14H11Cl2F3N4O3. The minimum absolute atomic E-state index is 0.0595. The first-order valence-electron chi connectivity index (χ1n) is 7.04. The van der Waals surface area contributed by atoms with E-state index in [0.717, 1.165) is 10.7 Å². The van der Waals surface area contributed by atoms with E-state index < -0.39 is 33.4 Å². The molecule has 1 N–H and O–H groups in total. The van der Waals surface area contributed by atoms with Gasteiger partial charge in [-0.15, -0.1) is 0 Å². The summed E-state index contributed by atoms with van der Waals surface area (Å²) in [5, 5.41) is 16.3. The Bertz CT molecular complexity index is 868. The van der Waals surface area contributed by atoms with Crippen LogP contribution in [0.2, 0.25) is 10.0 Å². The van der Waals surface area contributed by atoms with Gasteiger partial charge in [0.2, 0.25) is 5.91 Å². The van der Waals surface area contributed by atoms with Gasteiger partial charge in [-0.2, -0.15) is 18.3 Å². The monoisotopic (exact) mass is 410 g/mol. The van der Waals surface area contributed by atoms with E-state index in [1.54, 1.807) is 0 Å². The van der Waals surface area contributed by atoms with Crippen LogP contribution in [0.3, 0.4) is 0 Å². The maximum absolute atomic E-state index is 12.8. The number of rotatable bonds is 5. The van der Waals surface area contributed by atoms with Gasteiger partial charge >= 0.3 is 6.18 Å². The highest BCUT2D eigenvalue weighted by atomic mass is 35.5. The van der Waals surface area contributed by atoms with Crippen LogP contribution in [0.15, 0.2) is 18.2 Å². The number of carbonyl (C=O) groups is 1. The maximum atomic E-state index is 12.8. The van der Waals surface area contributed by atoms with Gasteiger partial charge in [0, 0.05) is 17.5 Å². The zero-order valence-electron chi connectivity index (χ0n) is 13.1. The van der Waals surface area contributed by atoms with Crippen LogP contribution in [0.4, 0.5) is 24.5 Å². The van der Waals surface area contributed by atoms with E-state index >= 15 is 0 Å². The maximum Gasteiger partial charge on any atom is 0.436 e. The Morgan fingerprint density at radius 3 is 2.58 bits per heavy atom. The molecule has 0 spiro atoms. The highest BCUT2D eigenvalue weighted by Crippen LogP contribution is 2.35. The van der Waals surface area contributed by atoms with Crippen molar-refractivity contribution in [3.8, 4) is 0 Å². The molecule has 0 radical (unpaired) electrons. The summed E-state index contributed by atoms with van der Waals surface area (Å²) in [5.41, 5.74) is -1.64. The molecule has 0 saturated heterocycles. The van der Waals surface area contributed by atoms with Gasteiger partial charge < -0.3 is 5.32 Å². The molecule has 0 aliphatic carbocycles. The van der Waals surface area contributed by atoms with Crippen LogP contribution in [0, 0.1) is 17.0 Å². The predicted octanol–water partition coefficient (Wildman–Crippen LogP) is 4.45. The van der Waals surface area contributed by atoms with Crippen LogP contribution < -0.4 is 5.32 Å². The summed E-state index contributed by atoms with van der Waals surface area (Å²) < 4.78 is 39.3. The number of nitro benzene ring substituents is 1. The molecule has 0 aliphatic heterocycles. The average molecular weight is 411 g/mol. The zero-order valence-corrected chi connectivity index (χ0v) is 14.6. The van der Waals surface area contributed by atoms with Crippen molar-refractivity contribution < 1.29 is 22.9 Å². The zero-order chi connectivity index (χ0) is 19.6. The van der Waals surface area contributed by atoms with Crippen LogP contribution in [-0.2, 0) is 17.5 Å². The number of anilines is 1. The van der Waals surface area contributed by atoms with E-state index in [1.165, 1.54) is 19.1 Å². The smallest absolute Gasteiger partial charge is 0.320 e. The van der Waals surface area contributed by atoms with E-state index in [0.29, 0.717) is 0 Å². The van der Waals surface area contributed by atoms with Gasteiger partial charge in [-0.3, -0.25) is 19.6 Å². The summed E-state index contributed by atoms with van der Waals surface area (Å²) >= 11 is 11.3. The number of amides is 1. The van der Waals surface area contributed by atoms with Gasteiger partial charge in [0.1, 0.15) is 5.69 Å². The molecule has 2 aromatic rings. The molecule has 1 aromatic carbocycles. The molecule has 0 bridgehead atoms. The SMILES string of the molecule is Cc1c(Cl)c(C(F)(F)F)nn1CCC(=O)Nc1ccc(Cl)cc1[N+](=O)[O-]. The Morgan fingerprint density at radius 1 is 1.38 bits per heavy atom. The second-order valence-electron chi connectivity index (χ2n) is 5.19. The number of halogens is 5.